The molecule has 0 radical (unpaired) electrons. The Balaban J connectivity index is 1.70. The highest BCUT2D eigenvalue weighted by Gasteiger charge is 2.25. The fourth-order valence-corrected chi connectivity index (χ4v) is 2.79. The molecule has 2 atom stereocenters. The summed E-state index contributed by atoms with van der Waals surface area (Å²) in [6.45, 7) is 3.92. The molecule has 1 aliphatic rings. The lowest BCUT2D eigenvalue weighted by atomic mass is 9.92. The highest BCUT2D eigenvalue weighted by atomic mass is 19.1. The van der Waals surface area contributed by atoms with Gasteiger partial charge < -0.3 is 15.4 Å². The summed E-state index contributed by atoms with van der Waals surface area (Å²) in [6, 6.07) is 6.43. The van der Waals surface area contributed by atoms with Crippen LogP contribution in [0, 0.1) is 11.7 Å². The predicted octanol–water partition coefficient (Wildman–Crippen LogP) is 2.57. The molecule has 0 saturated carbocycles. The van der Waals surface area contributed by atoms with Gasteiger partial charge in [0.25, 0.3) is 0 Å². The minimum Gasteiger partial charge on any atom is -0.491 e. The zero-order chi connectivity index (χ0) is 15.9. The number of amides is 1. The Morgan fingerprint density at radius 1 is 1.50 bits per heavy atom. The van der Waals surface area contributed by atoms with E-state index in [-0.39, 0.29) is 23.5 Å². The number of benzene rings is 1. The fraction of sp³-hybridized carbons (Fsp3) is 0.588. The summed E-state index contributed by atoms with van der Waals surface area (Å²) in [7, 11) is 0. The molecule has 0 aromatic heterocycles. The van der Waals surface area contributed by atoms with Gasteiger partial charge in [0.1, 0.15) is 0 Å². The van der Waals surface area contributed by atoms with Crippen molar-refractivity contribution < 1.29 is 13.9 Å². The summed E-state index contributed by atoms with van der Waals surface area (Å²) >= 11 is 0. The van der Waals surface area contributed by atoms with Gasteiger partial charge in [-0.2, -0.15) is 0 Å². The van der Waals surface area contributed by atoms with Crippen LogP contribution in [0.25, 0.3) is 0 Å². The quantitative estimate of drug-likeness (QED) is 0.822. The number of halogens is 1. The third-order valence-corrected chi connectivity index (χ3v) is 4.18. The van der Waals surface area contributed by atoms with Crippen LogP contribution in [0.1, 0.15) is 32.6 Å². The Bertz CT molecular complexity index is 493. The van der Waals surface area contributed by atoms with Crippen molar-refractivity contribution in [3.05, 3.63) is 30.1 Å². The van der Waals surface area contributed by atoms with Crippen molar-refractivity contribution in [2.24, 2.45) is 11.7 Å². The zero-order valence-electron chi connectivity index (χ0n) is 13.1. The van der Waals surface area contributed by atoms with Gasteiger partial charge in [0.15, 0.2) is 11.6 Å². The van der Waals surface area contributed by atoms with E-state index in [1.165, 1.54) is 6.07 Å². The Morgan fingerprint density at radius 2 is 2.27 bits per heavy atom. The molecule has 1 fully saturated rings. The fourth-order valence-electron chi connectivity index (χ4n) is 2.79. The van der Waals surface area contributed by atoms with Gasteiger partial charge in [-0.05, 0) is 44.2 Å². The predicted molar refractivity (Wildman–Crippen MR) is 84.1 cm³/mol. The number of ether oxygens (including phenoxy) is 1. The Kier molecular flexibility index (Phi) is 6.19. The summed E-state index contributed by atoms with van der Waals surface area (Å²) in [4.78, 5) is 14.1. The minimum atomic E-state index is -0.371. The number of carbonyl (C=O) groups is 1. The maximum absolute atomic E-state index is 13.4. The minimum absolute atomic E-state index is 0.125. The van der Waals surface area contributed by atoms with Crippen molar-refractivity contribution in [3.8, 4) is 5.75 Å². The van der Waals surface area contributed by atoms with Crippen LogP contribution in [0.5, 0.6) is 5.75 Å². The van der Waals surface area contributed by atoms with Crippen LogP contribution < -0.4 is 10.5 Å². The molecule has 1 aromatic rings. The maximum Gasteiger partial charge on any atom is 0.222 e. The molecule has 0 spiro atoms. The Hall–Kier alpha value is -1.62. The number of rotatable bonds is 6. The standard InChI is InChI=1S/C17H25FN2O2/c1-13(19)14-6-4-10-20(12-14)17(21)9-5-11-22-16-8-3-2-7-15(16)18/h2-3,7-8,13-14H,4-6,9-12,19H2,1H3/t13-,14-/m1/s1. The second kappa shape index (κ2) is 8.13. The van der Waals surface area contributed by atoms with Crippen LogP contribution >= 0.6 is 0 Å². The lowest BCUT2D eigenvalue weighted by Gasteiger charge is -2.34. The molecule has 1 aromatic carbocycles. The smallest absolute Gasteiger partial charge is 0.222 e. The normalized spacial score (nSPS) is 19.8. The first kappa shape index (κ1) is 16.7. The van der Waals surface area contributed by atoms with Crippen molar-refractivity contribution in [1.82, 2.24) is 4.90 Å². The summed E-state index contributed by atoms with van der Waals surface area (Å²) in [5.41, 5.74) is 5.94. The Morgan fingerprint density at radius 3 is 3.00 bits per heavy atom. The topological polar surface area (TPSA) is 55.6 Å². The SMILES string of the molecule is C[C@@H](N)[C@@H]1CCCN(C(=O)CCCOc2ccccc2F)C1. The molecule has 5 heteroatoms. The van der Waals surface area contributed by atoms with E-state index >= 15 is 0 Å². The average molecular weight is 308 g/mol. The number of nitrogens with two attached hydrogens (primary N) is 1. The summed E-state index contributed by atoms with van der Waals surface area (Å²) in [5.74, 6) is 0.407. The first-order valence-electron chi connectivity index (χ1n) is 7.98. The van der Waals surface area contributed by atoms with Crippen molar-refractivity contribution in [1.29, 1.82) is 0 Å². The van der Waals surface area contributed by atoms with E-state index in [1.54, 1.807) is 18.2 Å². The molecule has 0 aliphatic carbocycles. The molecule has 1 heterocycles. The first-order chi connectivity index (χ1) is 10.6. The van der Waals surface area contributed by atoms with E-state index in [1.807, 2.05) is 11.8 Å². The third-order valence-electron chi connectivity index (χ3n) is 4.18. The average Bonchev–Trinajstić information content (AvgIpc) is 2.53. The molecule has 22 heavy (non-hydrogen) atoms. The van der Waals surface area contributed by atoms with E-state index < -0.39 is 0 Å². The number of hydrogen-bond donors (Lipinski definition) is 1. The molecule has 0 bridgehead atoms. The van der Waals surface area contributed by atoms with Crippen molar-refractivity contribution >= 4 is 5.91 Å². The monoisotopic (exact) mass is 308 g/mol. The molecular formula is C17H25FN2O2. The number of carbonyl (C=O) groups excluding carboxylic acids is 1. The molecule has 1 amide bonds. The van der Waals surface area contributed by atoms with Gasteiger partial charge in [-0.3, -0.25) is 4.79 Å². The lowest BCUT2D eigenvalue weighted by molar-refractivity contribution is -0.133. The van der Waals surface area contributed by atoms with Gasteiger partial charge in [0, 0.05) is 25.6 Å². The number of para-hydroxylation sites is 1. The largest absolute Gasteiger partial charge is 0.491 e. The molecule has 4 nitrogen and oxygen atoms in total. The van der Waals surface area contributed by atoms with Crippen LogP contribution in [-0.4, -0.2) is 36.5 Å². The maximum atomic E-state index is 13.4. The van der Waals surface area contributed by atoms with Crippen molar-refractivity contribution in [2.45, 2.75) is 38.6 Å². The van der Waals surface area contributed by atoms with E-state index in [9.17, 15) is 9.18 Å². The van der Waals surface area contributed by atoms with E-state index in [4.69, 9.17) is 10.5 Å². The van der Waals surface area contributed by atoms with Gasteiger partial charge in [0.2, 0.25) is 5.91 Å². The number of nitrogens with zero attached hydrogens (tertiary/aromatic N) is 1. The van der Waals surface area contributed by atoms with Crippen molar-refractivity contribution in [3.63, 3.8) is 0 Å². The van der Waals surface area contributed by atoms with Crippen LogP contribution in [-0.2, 0) is 4.79 Å². The molecule has 1 saturated heterocycles. The Labute approximate surface area is 131 Å². The van der Waals surface area contributed by atoms with Gasteiger partial charge in [-0.25, -0.2) is 4.39 Å². The summed E-state index contributed by atoms with van der Waals surface area (Å²) < 4.78 is 18.7. The highest BCUT2D eigenvalue weighted by Crippen LogP contribution is 2.20. The van der Waals surface area contributed by atoms with Gasteiger partial charge >= 0.3 is 0 Å². The van der Waals surface area contributed by atoms with Crippen molar-refractivity contribution in [2.75, 3.05) is 19.7 Å². The molecule has 2 rings (SSSR count). The summed E-state index contributed by atoms with van der Waals surface area (Å²) in [5, 5.41) is 0. The van der Waals surface area contributed by atoms with E-state index in [0.29, 0.717) is 25.4 Å². The lowest BCUT2D eigenvalue weighted by Crippen LogP contribution is -2.45. The zero-order valence-corrected chi connectivity index (χ0v) is 13.1. The van der Waals surface area contributed by atoms with Crippen LogP contribution in [0.2, 0.25) is 0 Å². The van der Waals surface area contributed by atoms with E-state index in [0.717, 1.165) is 25.9 Å². The third kappa shape index (κ3) is 4.70. The van der Waals surface area contributed by atoms with Crippen LogP contribution in [0.15, 0.2) is 24.3 Å². The van der Waals surface area contributed by atoms with Gasteiger partial charge in [-0.15, -0.1) is 0 Å². The van der Waals surface area contributed by atoms with Crippen LogP contribution in [0.3, 0.4) is 0 Å². The highest BCUT2D eigenvalue weighted by molar-refractivity contribution is 5.76. The molecular weight excluding hydrogens is 283 g/mol. The van der Waals surface area contributed by atoms with Gasteiger partial charge in [0.05, 0.1) is 6.61 Å². The first-order valence-corrected chi connectivity index (χ1v) is 7.98. The number of hydrogen-bond acceptors (Lipinski definition) is 3. The molecule has 122 valence electrons. The number of likely N-dealkylation sites (tertiary alicyclic amines) is 1. The second-order valence-electron chi connectivity index (χ2n) is 5.98. The van der Waals surface area contributed by atoms with Crippen LogP contribution in [0.4, 0.5) is 4.39 Å². The van der Waals surface area contributed by atoms with E-state index in [2.05, 4.69) is 0 Å². The second-order valence-corrected chi connectivity index (χ2v) is 5.98. The molecule has 2 N–H and O–H groups in total. The molecule has 0 unspecified atom stereocenters. The van der Waals surface area contributed by atoms with Gasteiger partial charge in [-0.1, -0.05) is 12.1 Å². The molecule has 1 aliphatic heterocycles. The summed E-state index contributed by atoms with van der Waals surface area (Å²) in [6.07, 6.45) is 3.13. The number of piperidine rings is 1.